The minimum absolute atomic E-state index is 0.0638. The van der Waals surface area contributed by atoms with Gasteiger partial charge in [-0.3, -0.25) is 4.79 Å². The molecule has 0 unspecified atom stereocenters. The number of benzene rings is 1. The van der Waals surface area contributed by atoms with Crippen LogP contribution in [-0.2, 0) is 28.5 Å². The van der Waals surface area contributed by atoms with Crippen molar-refractivity contribution in [2.45, 2.75) is 38.8 Å². The van der Waals surface area contributed by atoms with Crippen molar-refractivity contribution in [2.75, 3.05) is 18.5 Å². The van der Waals surface area contributed by atoms with E-state index in [2.05, 4.69) is 5.32 Å². The maximum atomic E-state index is 12.8. The number of fused-ring (bicyclic) bond motifs is 1. The largest absolute Gasteiger partial charge is 0.484 e. The highest BCUT2D eigenvalue weighted by molar-refractivity contribution is 7.17. The molecule has 0 saturated heterocycles. The molecule has 0 bridgehead atoms. The Morgan fingerprint density at radius 1 is 1.21 bits per heavy atom. The predicted molar refractivity (Wildman–Crippen MR) is 102 cm³/mol. The smallest absolute Gasteiger partial charge is 0.416 e. The van der Waals surface area contributed by atoms with Crippen LogP contribution in [0.5, 0.6) is 5.75 Å². The minimum Gasteiger partial charge on any atom is -0.484 e. The lowest BCUT2D eigenvalue weighted by Gasteiger charge is -2.12. The predicted octanol–water partition coefficient (Wildman–Crippen LogP) is 4.84. The maximum absolute atomic E-state index is 12.8. The second kappa shape index (κ2) is 8.86. The highest BCUT2D eigenvalue weighted by atomic mass is 32.1. The van der Waals surface area contributed by atoms with Gasteiger partial charge in [0.25, 0.3) is 5.91 Å². The van der Waals surface area contributed by atoms with Crippen LogP contribution in [0.4, 0.5) is 18.2 Å². The maximum Gasteiger partial charge on any atom is 0.416 e. The molecule has 0 aliphatic heterocycles. The molecular formula is C20H20F3NO4S. The van der Waals surface area contributed by atoms with E-state index in [9.17, 15) is 22.8 Å². The average Bonchev–Trinajstić information content (AvgIpc) is 3.04. The van der Waals surface area contributed by atoms with Crippen molar-refractivity contribution in [1.82, 2.24) is 0 Å². The van der Waals surface area contributed by atoms with E-state index in [1.165, 1.54) is 23.5 Å². The number of halogens is 3. The number of nitrogens with one attached hydrogen (secondary N) is 1. The van der Waals surface area contributed by atoms with E-state index >= 15 is 0 Å². The molecule has 29 heavy (non-hydrogen) atoms. The Balaban J connectivity index is 1.71. The fraction of sp³-hybridized carbons (Fsp3) is 0.400. The first-order chi connectivity index (χ1) is 13.8. The zero-order chi connectivity index (χ0) is 21.0. The number of hydrogen-bond acceptors (Lipinski definition) is 5. The van der Waals surface area contributed by atoms with E-state index < -0.39 is 30.2 Å². The summed E-state index contributed by atoms with van der Waals surface area (Å²) in [6.07, 6.45) is -0.935. The summed E-state index contributed by atoms with van der Waals surface area (Å²) in [6, 6.07) is 4.31. The monoisotopic (exact) mass is 427 g/mol. The van der Waals surface area contributed by atoms with Crippen LogP contribution in [-0.4, -0.2) is 25.1 Å². The zero-order valence-corrected chi connectivity index (χ0v) is 16.5. The molecule has 1 aromatic heterocycles. The van der Waals surface area contributed by atoms with Crippen LogP contribution < -0.4 is 10.1 Å². The number of ether oxygens (including phenoxy) is 2. The first-order valence-electron chi connectivity index (χ1n) is 9.21. The van der Waals surface area contributed by atoms with E-state index in [-0.39, 0.29) is 12.4 Å². The van der Waals surface area contributed by atoms with Gasteiger partial charge in [0.1, 0.15) is 10.8 Å². The molecule has 9 heteroatoms. The molecule has 0 atom stereocenters. The topological polar surface area (TPSA) is 64.6 Å². The van der Waals surface area contributed by atoms with Gasteiger partial charge in [-0.05, 0) is 56.4 Å². The SMILES string of the molecule is CCOC(=O)c1c(NC(=O)COc2cccc(C(F)(F)F)c2)sc2c1CCCC2. The lowest BCUT2D eigenvalue weighted by atomic mass is 9.95. The third kappa shape index (κ3) is 5.09. The van der Waals surface area contributed by atoms with Gasteiger partial charge in [0.2, 0.25) is 0 Å². The Morgan fingerprint density at radius 3 is 2.69 bits per heavy atom. The fourth-order valence-corrected chi connectivity index (χ4v) is 4.44. The van der Waals surface area contributed by atoms with Crippen LogP contribution in [0.25, 0.3) is 0 Å². The van der Waals surface area contributed by atoms with E-state index in [0.29, 0.717) is 10.6 Å². The van der Waals surface area contributed by atoms with Crippen molar-refractivity contribution in [3.8, 4) is 5.75 Å². The lowest BCUT2D eigenvalue weighted by Crippen LogP contribution is -2.21. The molecule has 2 aromatic rings. The molecule has 0 spiro atoms. The first-order valence-corrected chi connectivity index (χ1v) is 10.0. The summed E-state index contributed by atoms with van der Waals surface area (Å²) in [5.41, 5.74) is 0.429. The second-order valence-electron chi connectivity index (χ2n) is 6.50. The Labute approximate surface area is 169 Å². The summed E-state index contributed by atoms with van der Waals surface area (Å²) < 4.78 is 48.6. The van der Waals surface area contributed by atoms with Crippen molar-refractivity contribution < 1.29 is 32.2 Å². The Morgan fingerprint density at radius 2 is 1.97 bits per heavy atom. The van der Waals surface area contributed by atoms with Gasteiger partial charge in [-0.1, -0.05) is 6.07 Å². The summed E-state index contributed by atoms with van der Waals surface area (Å²) in [5, 5.41) is 3.05. The molecule has 1 amide bonds. The zero-order valence-electron chi connectivity index (χ0n) is 15.7. The van der Waals surface area contributed by atoms with Gasteiger partial charge in [0, 0.05) is 4.88 Å². The lowest BCUT2D eigenvalue weighted by molar-refractivity contribution is -0.137. The number of esters is 1. The van der Waals surface area contributed by atoms with Crippen LogP contribution in [0.1, 0.15) is 46.1 Å². The van der Waals surface area contributed by atoms with Crippen LogP contribution in [0.15, 0.2) is 24.3 Å². The number of carbonyl (C=O) groups excluding carboxylic acids is 2. The van der Waals surface area contributed by atoms with Crippen molar-refractivity contribution in [3.05, 3.63) is 45.8 Å². The van der Waals surface area contributed by atoms with E-state index in [4.69, 9.17) is 9.47 Å². The molecule has 3 rings (SSSR count). The van der Waals surface area contributed by atoms with Gasteiger partial charge in [-0.25, -0.2) is 4.79 Å². The van der Waals surface area contributed by atoms with E-state index in [0.717, 1.165) is 48.3 Å². The third-order valence-electron chi connectivity index (χ3n) is 4.44. The molecule has 1 aromatic carbocycles. The van der Waals surface area contributed by atoms with Crippen LogP contribution >= 0.6 is 11.3 Å². The molecular weight excluding hydrogens is 407 g/mol. The van der Waals surface area contributed by atoms with Gasteiger partial charge in [-0.15, -0.1) is 11.3 Å². The molecule has 156 valence electrons. The van der Waals surface area contributed by atoms with Crippen molar-refractivity contribution >= 4 is 28.2 Å². The van der Waals surface area contributed by atoms with Crippen LogP contribution in [0.3, 0.4) is 0 Å². The van der Waals surface area contributed by atoms with Gasteiger partial charge in [-0.2, -0.15) is 13.2 Å². The highest BCUT2D eigenvalue weighted by Gasteiger charge is 2.31. The number of thiophene rings is 1. The molecule has 1 aliphatic carbocycles. The molecule has 1 aliphatic rings. The summed E-state index contributed by atoms with van der Waals surface area (Å²) in [6.45, 7) is 1.44. The molecule has 0 fully saturated rings. The Hall–Kier alpha value is -2.55. The van der Waals surface area contributed by atoms with Crippen molar-refractivity contribution in [1.29, 1.82) is 0 Å². The molecule has 0 radical (unpaired) electrons. The first kappa shape index (κ1) is 21.2. The number of anilines is 1. The standard InChI is InChI=1S/C20H20F3NO4S/c1-2-27-19(26)17-14-8-3-4-9-15(14)29-18(17)24-16(25)11-28-13-7-5-6-12(10-13)20(21,22)23/h5-7,10H,2-4,8-9,11H2,1H3,(H,24,25). The second-order valence-corrected chi connectivity index (χ2v) is 7.60. The van der Waals surface area contributed by atoms with Gasteiger partial charge in [0.15, 0.2) is 6.61 Å². The average molecular weight is 427 g/mol. The molecule has 0 saturated carbocycles. The summed E-state index contributed by atoms with van der Waals surface area (Å²) >= 11 is 1.33. The summed E-state index contributed by atoms with van der Waals surface area (Å²) in [5.74, 6) is -1.11. The Bertz CT molecular complexity index is 908. The molecule has 1 heterocycles. The number of carbonyl (C=O) groups is 2. The molecule has 1 N–H and O–H groups in total. The van der Waals surface area contributed by atoms with Gasteiger partial charge < -0.3 is 14.8 Å². The van der Waals surface area contributed by atoms with Crippen LogP contribution in [0.2, 0.25) is 0 Å². The third-order valence-corrected chi connectivity index (χ3v) is 5.64. The number of hydrogen-bond donors (Lipinski definition) is 1. The quantitative estimate of drug-likeness (QED) is 0.670. The number of rotatable bonds is 6. The van der Waals surface area contributed by atoms with Gasteiger partial charge >= 0.3 is 12.1 Å². The summed E-state index contributed by atoms with van der Waals surface area (Å²) in [4.78, 5) is 25.7. The van der Waals surface area contributed by atoms with E-state index in [1.54, 1.807) is 6.92 Å². The summed E-state index contributed by atoms with van der Waals surface area (Å²) in [7, 11) is 0. The highest BCUT2D eigenvalue weighted by Crippen LogP contribution is 2.38. The number of aryl methyl sites for hydroxylation is 1. The van der Waals surface area contributed by atoms with Gasteiger partial charge in [0.05, 0.1) is 17.7 Å². The Kier molecular flexibility index (Phi) is 6.46. The van der Waals surface area contributed by atoms with Crippen molar-refractivity contribution in [3.63, 3.8) is 0 Å². The molecule has 5 nitrogen and oxygen atoms in total. The minimum atomic E-state index is -4.49. The number of alkyl halides is 3. The van der Waals surface area contributed by atoms with E-state index in [1.807, 2.05) is 0 Å². The van der Waals surface area contributed by atoms with Crippen LogP contribution in [0, 0.1) is 0 Å². The number of amides is 1. The van der Waals surface area contributed by atoms with Crippen molar-refractivity contribution in [2.24, 2.45) is 0 Å². The normalized spacial score (nSPS) is 13.5. The fourth-order valence-electron chi connectivity index (χ4n) is 3.15.